The summed E-state index contributed by atoms with van der Waals surface area (Å²) in [6.45, 7) is 16.2. The highest BCUT2D eigenvalue weighted by atomic mass is 15.2. The van der Waals surface area contributed by atoms with Crippen LogP contribution in [0.25, 0.3) is 9.69 Å². The third-order valence-electron chi connectivity index (χ3n) is 7.57. The Morgan fingerprint density at radius 3 is 1.28 bits per heavy atom. The summed E-state index contributed by atoms with van der Waals surface area (Å²) in [5, 5.41) is 25.7. The van der Waals surface area contributed by atoms with E-state index in [0.29, 0.717) is 22.5 Å². The molecular formula is C39H27N7. The molecular weight excluding hydrogens is 566 g/mol. The predicted octanol–water partition coefficient (Wildman–Crippen LogP) is 8.94. The van der Waals surface area contributed by atoms with Gasteiger partial charge in [-0.05, 0) is 59.0 Å². The van der Waals surface area contributed by atoms with E-state index in [-0.39, 0.29) is 12.0 Å². The highest BCUT2D eigenvalue weighted by Gasteiger charge is 2.18. The van der Waals surface area contributed by atoms with Crippen molar-refractivity contribution in [3.05, 3.63) is 201 Å². The Kier molecular flexibility index (Phi) is 9.72. The number of hydrogen-bond donors (Lipinski definition) is 0. The lowest BCUT2D eigenvalue weighted by Gasteiger charge is -2.19. The first-order chi connectivity index (χ1) is 22.5. The minimum absolute atomic E-state index is 0.0816. The van der Waals surface area contributed by atoms with Crippen molar-refractivity contribution in [3.63, 3.8) is 0 Å². The number of nitriles is 2. The Morgan fingerprint density at radius 1 is 0.543 bits per heavy atom. The summed E-state index contributed by atoms with van der Waals surface area (Å²) >= 11 is 0. The highest BCUT2D eigenvalue weighted by Crippen LogP contribution is 2.33. The molecule has 0 aliphatic rings. The third kappa shape index (κ3) is 7.21. The monoisotopic (exact) mass is 593 g/mol. The first-order valence-corrected chi connectivity index (χ1v) is 14.4. The number of aromatic nitrogens is 3. The Labute approximate surface area is 268 Å². The van der Waals surface area contributed by atoms with Gasteiger partial charge in [-0.15, -0.1) is 10.2 Å². The van der Waals surface area contributed by atoms with Crippen LogP contribution < -0.4 is 0 Å². The second-order valence-electron chi connectivity index (χ2n) is 10.5. The van der Waals surface area contributed by atoms with Crippen LogP contribution in [0.15, 0.2) is 134 Å². The fraction of sp³-hybridized carbons (Fsp3) is 0.0769. The average molecular weight is 594 g/mol. The molecule has 5 aromatic carbocycles. The van der Waals surface area contributed by atoms with Gasteiger partial charge in [0.05, 0.1) is 42.5 Å². The normalized spacial score (nSPS) is 11.3. The van der Waals surface area contributed by atoms with E-state index >= 15 is 0 Å². The van der Waals surface area contributed by atoms with Crippen molar-refractivity contribution in [1.82, 2.24) is 14.8 Å². The van der Waals surface area contributed by atoms with Gasteiger partial charge in [0.15, 0.2) is 11.4 Å². The molecule has 7 heteroatoms. The van der Waals surface area contributed by atoms with Crippen molar-refractivity contribution in [2.75, 3.05) is 0 Å². The number of aryl methyl sites for hydroxylation is 1. The highest BCUT2D eigenvalue weighted by molar-refractivity contribution is 5.51. The Balaban J connectivity index is 0.000000182. The molecule has 0 spiro atoms. The summed E-state index contributed by atoms with van der Waals surface area (Å²) in [4.78, 5) is 6.88. The lowest BCUT2D eigenvalue weighted by molar-refractivity contribution is 0.674. The molecule has 0 radical (unpaired) electrons. The second kappa shape index (κ2) is 14.6. The van der Waals surface area contributed by atoms with Crippen molar-refractivity contribution in [2.45, 2.75) is 18.9 Å². The lowest BCUT2D eigenvalue weighted by Crippen LogP contribution is -2.10. The van der Waals surface area contributed by atoms with Gasteiger partial charge in [0.25, 0.3) is 0 Å². The maximum Gasteiger partial charge on any atom is 0.187 e. The minimum Gasteiger partial charge on any atom is -0.308 e. The lowest BCUT2D eigenvalue weighted by atomic mass is 9.84. The van der Waals surface area contributed by atoms with E-state index in [1.807, 2.05) is 77.4 Å². The van der Waals surface area contributed by atoms with Gasteiger partial charge < -0.3 is 4.57 Å². The molecule has 0 bridgehead atoms. The van der Waals surface area contributed by atoms with Crippen LogP contribution in [0.4, 0.5) is 11.4 Å². The van der Waals surface area contributed by atoms with Crippen LogP contribution in [0.3, 0.4) is 0 Å². The summed E-state index contributed by atoms with van der Waals surface area (Å²) in [5.74, 6) is 0.0816. The topological polar surface area (TPSA) is 87.0 Å². The molecule has 0 N–H and O–H groups in total. The van der Waals surface area contributed by atoms with Crippen LogP contribution in [-0.2, 0) is 0 Å². The van der Waals surface area contributed by atoms with Gasteiger partial charge >= 0.3 is 0 Å². The molecule has 46 heavy (non-hydrogen) atoms. The van der Waals surface area contributed by atoms with E-state index in [0.717, 1.165) is 22.3 Å². The minimum atomic E-state index is -0.0949. The van der Waals surface area contributed by atoms with E-state index in [4.69, 9.17) is 23.7 Å². The van der Waals surface area contributed by atoms with Gasteiger partial charge in [0.2, 0.25) is 0 Å². The molecule has 0 fully saturated rings. The Bertz CT molecular complexity index is 1940. The Hall–Kier alpha value is -6.80. The van der Waals surface area contributed by atoms with Gasteiger partial charge in [-0.25, -0.2) is 9.69 Å². The Morgan fingerprint density at radius 2 is 0.891 bits per heavy atom. The van der Waals surface area contributed by atoms with E-state index < -0.39 is 0 Å². The van der Waals surface area contributed by atoms with Crippen LogP contribution in [0.1, 0.15) is 56.5 Å². The molecule has 1 aromatic heterocycles. The summed E-state index contributed by atoms with van der Waals surface area (Å²) in [7, 11) is 0. The van der Waals surface area contributed by atoms with Crippen LogP contribution in [0, 0.1) is 42.7 Å². The van der Waals surface area contributed by atoms with Crippen molar-refractivity contribution in [2.24, 2.45) is 0 Å². The second-order valence-corrected chi connectivity index (χ2v) is 10.5. The number of nitrogens with zero attached hydrogens (tertiary/aromatic N) is 7. The first kappa shape index (κ1) is 30.7. The molecule has 0 saturated heterocycles. The van der Waals surface area contributed by atoms with Crippen LogP contribution >= 0.6 is 0 Å². The van der Waals surface area contributed by atoms with E-state index in [9.17, 15) is 0 Å². The summed E-state index contributed by atoms with van der Waals surface area (Å²) in [6, 6.07) is 43.0. The summed E-state index contributed by atoms with van der Waals surface area (Å²) in [5.41, 5.74) is 9.25. The maximum absolute atomic E-state index is 9.01. The molecule has 0 aliphatic heterocycles. The van der Waals surface area contributed by atoms with Crippen molar-refractivity contribution >= 4 is 11.4 Å². The zero-order valence-corrected chi connectivity index (χ0v) is 25.0. The number of hydrogen-bond acceptors (Lipinski definition) is 4. The molecule has 6 aromatic rings. The average Bonchev–Trinajstić information content (AvgIpc) is 3.65. The van der Waals surface area contributed by atoms with E-state index in [1.165, 1.54) is 11.1 Å². The number of benzene rings is 5. The molecule has 2 atom stereocenters. The van der Waals surface area contributed by atoms with E-state index in [1.54, 1.807) is 36.9 Å². The molecule has 1 heterocycles. The van der Waals surface area contributed by atoms with E-state index in [2.05, 4.69) is 63.2 Å². The maximum atomic E-state index is 9.01. The van der Waals surface area contributed by atoms with Gasteiger partial charge in [-0.2, -0.15) is 10.5 Å². The van der Waals surface area contributed by atoms with Gasteiger partial charge in [-0.1, -0.05) is 103 Å². The zero-order valence-electron chi connectivity index (χ0n) is 25.0. The molecule has 6 rings (SSSR count). The van der Waals surface area contributed by atoms with Gasteiger partial charge in [0, 0.05) is 5.92 Å². The van der Waals surface area contributed by atoms with Crippen LogP contribution in [0.2, 0.25) is 0 Å². The van der Waals surface area contributed by atoms with Crippen molar-refractivity contribution in [1.29, 1.82) is 10.5 Å². The molecule has 0 aliphatic carbocycles. The third-order valence-corrected chi connectivity index (χ3v) is 7.57. The smallest absolute Gasteiger partial charge is 0.187 e. The quantitative estimate of drug-likeness (QED) is 0.142. The van der Waals surface area contributed by atoms with Crippen LogP contribution in [-0.4, -0.2) is 14.8 Å². The first-order valence-electron chi connectivity index (χ1n) is 14.4. The van der Waals surface area contributed by atoms with Gasteiger partial charge in [-0.3, -0.25) is 0 Å². The summed E-state index contributed by atoms with van der Waals surface area (Å²) in [6.07, 6.45) is 3.32. The zero-order chi connectivity index (χ0) is 32.3. The summed E-state index contributed by atoms with van der Waals surface area (Å²) < 4.78 is 1.90. The fourth-order valence-corrected chi connectivity index (χ4v) is 5.18. The van der Waals surface area contributed by atoms with Crippen LogP contribution in [0.5, 0.6) is 0 Å². The van der Waals surface area contributed by atoms with Crippen molar-refractivity contribution < 1.29 is 0 Å². The molecule has 218 valence electrons. The molecule has 0 amide bonds. The van der Waals surface area contributed by atoms with Crippen molar-refractivity contribution in [3.8, 4) is 12.1 Å². The molecule has 2 unspecified atom stereocenters. The number of rotatable bonds is 6. The predicted molar refractivity (Wildman–Crippen MR) is 177 cm³/mol. The fourth-order valence-electron chi connectivity index (χ4n) is 5.18. The van der Waals surface area contributed by atoms with Gasteiger partial charge in [0.1, 0.15) is 12.7 Å². The molecule has 0 saturated carbocycles. The molecule has 7 nitrogen and oxygen atoms in total. The standard InChI is InChI=1S/C22H16N2.C17H11N5/c1-16-3-7-18(8-4-16)22(19-9-5-17(15-23)6-10-19)20-11-13-21(24-2)14-12-20;1-19-16-8-6-15(7-9-16)17(22-11-20-21-12-22)14-4-2-13(10-18)3-5-14/h3-14,22H,1H3;2-9,11-12,17H. The largest absolute Gasteiger partial charge is 0.308 e. The SMILES string of the molecule is [C-]#[N+]c1ccc(C(c2ccc(C#N)cc2)n2cnnc2)cc1.[C-]#[N+]c1ccc(C(c2ccc(C)cc2)c2ccc(C#N)cc2)cc1.